The van der Waals surface area contributed by atoms with Crippen molar-refractivity contribution in [2.24, 2.45) is 5.92 Å². The molecule has 0 aromatic rings. The molecule has 3 N–H and O–H groups in total. The van der Waals surface area contributed by atoms with Gasteiger partial charge in [0.1, 0.15) is 0 Å². The Balaban J connectivity index is 2.28. The summed E-state index contributed by atoms with van der Waals surface area (Å²) in [4.78, 5) is 24.7. The maximum atomic E-state index is 12.0. The van der Waals surface area contributed by atoms with Crippen molar-refractivity contribution >= 4 is 11.9 Å². The van der Waals surface area contributed by atoms with Crippen LogP contribution in [0.2, 0.25) is 0 Å². The first-order valence-electron chi connectivity index (χ1n) is 7.99. The van der Waals surface area contributed by atoms with Gasteiger partial charge in [-0.3, -0.25) is 14.5 Å². The van der Waals surface area contributed by atoms with E-state index in [-0.39, 0.29) is 18.5 Å². The summed E-state index contributed by atoms with van der Waals surface area (Å²) in [5.41, 5.74) is 0. The maximum Gasteiger partial charge on any atom is 0.317 e. The van der Waals surface area contributed by atoms with Crippen molar-refractivity contribution in [2.75, 3.05) is 32.7 Å². The third kappa shape index (κ3) is 7.43. The lowest BCUT2D eigenvalue weighted by Crippen LogP contribution is -2.46. The summed E-state index contributed by atoms with van der Waals surface area (Å²) in [6.07, 6.45) is 4.09. The molecule has 1 heterocycles. The van der Waals surface area contributed by atoms with Crippen molar-refractivity contribution in [1.82, 2.24) is 15.5 Å². The molecule has 0 spiro atoms. The number of piperidine rings is 1. The van der Waals surface area contributed by atoms with Crippen molar-refractivity contribution in [3.05, 3.63) is 0 Å². The largest absolute Gasteiger partial charge is 0.480 e. The van der Waals surface area contributed by atoms with Crippen LogP contribution in [0.3, 0.4) is 0 Å². The molecule has 0 aliphatic carbocycles. The minimum absolute atomic E-state index is 0.00562. The van der Waals surface area contributed by atoms with Crippen LogP contribution in [0, 0.1) is 5.92 Å². The summed E-state index contributed by atoms with van der Waals surface area (Å²) in [5.74, 6) is -0.297. The van der Waals surface area contributed by atoms with E-state index in [1.807, 2.05) is 0 Å². The summed E-state index contributed by atoms with van der Waals surface area (Å²) in [5, 5.41) is 14.6. The van der Waals surface area contributed by atoms with Crippen LogP contribution < -0.4 is 10.6 Å². The predicted molar refractivity (Wildman–Crippen MR) is 82.2 cm³/mol. The number of rotatable bonds is 9. The Morgan fingerprint density at radius 3 is 2.67 bits per heavy atom. The fraction of sp³-hybridized carbons (Fsp3) is 0.867. The lowest BCUT2D eigenvalue weighted by Gasteiger charge is -2.32. The highest BCUT2D eigenvalue weighted by atomic mass is 16.4. The van der Waals surface area contributed by atoms with Crippen LogP contribution >= 0.6 is 0 Å². The molecule has 21 heavy (non-hydrogen) atoms. The lowest BCUT2D eigenvalue weighted by molar-refractivity contribution is -0.136. The van der Waals surface area contributed by atoms with E-state index in [1.54, 1.807) is 0 Å². The highest BCUT2D eigenvalue weighted by Gasteiger charge is 2.22. The quantitative estimate of drug-likeness (QED) is 0.583. The first-order chi connectivity index (χ1) is 10.0. The zero-order valence-corrected chi connectivity index (χ0v) is 13.2. The second-order valence-corrected chi connectivity index (χ2v) is 5.85. The molecule has 1 aliphatic heterocycles. The molecular formula is C15H29N3O3. The average molecular weight is 299 g/mol. The topological polar surface area (TPSA) is 81.7 Å². The SMILES string of the molecule is CCC(CC)NC(=O)CN1CCCC(CNCC(=O)O)C1. The van der Waals surface area contributed by atoms with Gasteiger partial charge >= 0.3 is 5.97 Å². The van der Waals surface area contributed by atoms with E-state index in [0.29, 0.717) is 19.0 Å². The minimum Gasteiger partial charge on any atom is -0.480 e. The van der Waals surface area contributed by atoms with Crippen LogP contribution in [0.4, 0.5) is 0 Å². The maximum absolute atomic E-state index is 12.0. The Morgan fingerprint density at radius 2 is 2.05 bits per heavy atom. The number of carbonyl (C=O) groups excluding carboxylic acids is 1. The van der Waals surface area contributed by atoms with Crippen LogP contribution in [-0.2, 0) is 9.59 Å². The molecule has 122 valence electrons. The predicted octanol–water partition coefficient (Wildman–Crippen LogP) is 0.677. The van der Waals surface area contributed by atoms with Crippen LogP contribution in [0.5, 0.6) is 0 Å². The third-order valence-corrected chi connectivity index (χ3v) is 4.03. The minimum atomic E-state index is -0.827. The number of carbonyl (C=O) groups is 2. The van der Waals surface area contributed by atoms with Gasteiger partial charge in [0.2, 0.25) is 5.91 Å². The molecule has 1 saturated heterocycles. The van der Waals surface area contributed by atoms with E-state index < -0.39 is 5.97 Å². The normalized spacial score (nSPS) is 19.7. The van der Waals surface area contributed by atoms with E-state index in [1.165, 1.54) is 0 Å². The number of carboxylic acid groups (broad SMARTS) is 1. The van der Waals surface area contributed by atoms with Crippen molar-refractivity contribution in [3.63, 3.8) is 0 Å². The molecule has 1 rings (SSSR count). The second-order valence-electron chi connectivity index (χ2n) is 5.85. The highest BCUT2D eigenvalue weighted by molar-refractivity contribution is 5.78. The van der Waals surface area contributed by atoms with E-state index in [2.05, 4.69) is 29.4 Å². The van der Waals surface area contributed by atoms with Crippen molar-refractivity contribution in [2.45, 2.75) is 45.6 Å². The van der Waals surface area contributed by atoms with Crippen molar-refractivity contribution in [3.8, 4) is 0 Å². The second kappa shape index (κ2) is 9.73. The van der Waals surface area contributed by atoms with E-state index in [4.69, 9.17) is 5.11 Å². The molecule has 0 saturated carbocycles. The van der Waals surface area contributed by atoms with Gasteiger partial charge in [0, 0.05) is 12.6 Å². The lowest BCUT2D eigenvalue weighted by atomic mass is 9.98. The first kappa shape index (κ1) is 17.9. The Labute approximate surface area is 127 Å². The Kier molecular flexibility index (Phi) is 8.30. The Bertz CT molecular complexity index is 332. The van der Waals surface area contributed by atoms with Crippen molar-refractivity contribution in [1.29, 1.82) is 0 Å². The zero-order valence-electron chi connectivity index (χ0n) is 13.2. The molecule has 6 heteroatoms. The number of hydrogen-bond donors (Lipinski definition) is 3. The Morgan fingerprint density at radius 1 is 1.33 bits per heavy atom. The van der Waals surface area contributed by atoms with E-state index in [0.717, 1.165) is 38.8 Å². The van der Waals surface area contributed by atoms with Gasteiger partial charge in [-0.2, -0.15) is 0 Å². The molecule has 0 aromatic carbocycles. The van der Waals surface area contributed by atoms with Gasteiger partial charge in [-0.25, -0.2) is 0 Å². The fourth-order valence-electron chi connectivity index (χ4n) is 2.81. The average Bonchev–Trinajstić information content (AvgIpc) is 2.44. The summed E-state index contributed by atoms with van der Waals surface area (Å²) >= 11 is 0. The van der Waals surface area contributed by atoms with Crippen LogP contribution in [-0.4, -0.2) is 60.6 Å². The van der Waals surface area contributed by atoms with Crippen LogP contribution in [0.1, 0.15) is 39.5 Å². The van der Waals surface area contributed by atoms with Gasteiger partial charge in [0.15, 0.2) is 0 Å². The third-order valence-electron chi connectivity index (χ3n) is 4.03. The summed E-state index contributed by atoms with van der Waals surface area (Å²) in [6.45, 7) is 7.14. The Hall–Kier alpha value is -1.14. The molecule has 0 radical (unpaired) electrons. The molecule has 1 fully saturated rings. The monoisotopic (exact) mass is 299 g/mol. The number of amides is 1. The molecule has 1 atom stereocenters. The zero-order chi connectivity index (χ0) is 15.7. The van der Waals surface area contributed by atoms with Crippen LogP contribution in [0.25, 0.3) is 0 Å². The number of carboxylic acids is 1. The molecule has 0 aromatic heterocycles. The van der Waals surface area contributed by atoms with Gasteiger partial charge in [-0.1, -0.05) is 13.8 Å². The van der Waals surface area contributed by atoms with Crippen LogP contribution in [0.15, 0.2) is 0 Å². The van der Waals surface area contributed by atoms with Gasteiger partial charge in [0.25, 0.3) is 0 Å². The smallest absolute Gasteiger partial charge is 0.317 e. The highest BCUT2D eigenvalue weighted by Crippen LogP contribution is 2.15. The summed E-state index contributed by atoms with van der Waals surface area (Å²) < 4.78 is 0. The fourth-order valence-corrected chi connectivity index (χ4v) is 2.81. The van der Waals surface area contributed by atoms with Gasteiger partial charge in [-0.15, -0.1) is 0 Å². The number of hydrogen-bond acceptors (Lipinski definition) is 4. The molecule has 0 bridgehead atoms. The number of nitrogens with zero attached hydrogens (tertiary/aromatic N) is 1. The van der Waals surface area contributed by atoms with Gasteiger partial charge < -0.3 is 15.7 Å². The first-order valence-corrected chi connectivity index (χ1v) is 7.99. The molecular weight excluding hydrogens is 270 g/mol. The van der Waals surface area contributed by atoms with E-state index >= 15 is 0 Å². The number of aliphatic carboxylic acids is 1. The molecule has 1 aliphatic rings. The number of likely N-dealkylation sites (tertiary alicyclic amines) is 1. The molecule has 1 amide bonds. The number of nitrogens with one attached hydrogen (secondary N) is 2. The van der Waals surface area contributed by atoms with E-state index in [9.17, 15) is 9.59 Å². The molecule has 1 unspecified atom stereocenters. The summed E-state index contributed by atoms with van der Waals surface area (Å²) in [7, 11) is 0. The summed E-state index contributed by atoms with van der Waals surface area (Å²) in [6, 6.07) is 0.273. The van der Waals surface area contributed by atoms with Gasteiger partial charge in [-0.05, 0) is 44.7 Å². The van der Waals surface area contributed by atoms with Crippen molar-refractivity contribution < 1.29 is 14.7 Å². The standard InChI is InChI=1S/C15H29N3O3/c1-3-13(4-2)17-14(19)11-18-7-5-6-12(10-18)8-16-9-15(20)21/h12-13,16H,3-11H2,1-2H3,(H,17,19)(H,20,21). The van der Waals surface area contributed by atoms with Gasteiger partial charge in [0.05, 0.1) is 13.1 Å². The molecule has 6 nitrogen and oxygen atoms in total.